The fourth-order valence-electron chi connectivity index (χ4n) is 2.96. The third kappa shape index (κ3) is 4.69. The monoisotopic (exact) mass is 381 g/mol. The van der Waals surface area contributed by atoms with Crippen molar-refractivity contribution in [3.05, 3.63) is 35.6 Å². The van der Waals surface area contributed by atoms with Crippen molar-refractivity contribution in [1.29, 1.82) is 0 Å². The number of hydrogen-bond acceptors (Lipinski definition) is 3. The molecule has 3 amide bonds. The molecule has 1 saturated heterocycles. The molecule has 0 aromatic heterocycles. The van der Waals surface area contributed by atoms with Gasteiger partial charge in [-0.25, -0.2) is 9.18 Å². The SMILES string of the molecule is CCCNC(=O)N(CCN1C(=O)C(C)SC1c1ccccc1F)C(C)C. The van der Waals surface area contributed by atoms with E-state index in [1.165, 1.54) is 17.8 Å². The number of carbonyl (C=O) groups excluding carboxylic acids is 2. The number of amides is 3. The molecule has 1 fully saturated rings. The van der Waals surface area contributed by atoms with E-state index in [1.807, 2.05) is 27.7 Å². The van der Waals surface area contributed by atoms with E-state index in [2.05, 4.69) is 5.32 Å². The van der Waals surface area contributed by atoms with Gasteiger partial charge in [-0.3, -0.25) is 4.79 Å². The molecule has 26 heavy (non-hydrogen) atoms. The third-order valence-corrected chi connectivity index (χ3v) is 5.79. The van der Waals surface area contributed by atoms with Gasteiger partial charge >= 0.3 is 6.03 Å². The van der Waals surface area contributed by atoms with Crippen molar-refractivity contribution in [2.45, 2.75) is 50.8 Å². The number of nitrogens with zero attached hydrogens (tertiary/aromatic N) is 2. The van der Waals surface area contributed by atoms with Crippen molar-refractivity contribution in [3.63, 3.8) is 0 Å². The summed E-state index contributed by atoms with van der Waals surface area (Å²) in [5.74, 6) is -0.320. The first-order valence-electron chi connectivity index (χ1n) is 9.11. The summed E-state index contributed by atoms with van der Waals surface area (Å²) >= 11 is 1.45. The number of nitrogens with one attached hydrogen (secondary N) is 1. The molecule has 1 aromatic carbocycles. The fourth-order valence-corrected chi connectivity index (χ4v) is 4.29. The summed E-state index contributed by atoms with van der Waals surface area (Å²) in [4.78, 5) is 28.3. The molecule has 5 nitrogen and oxygen atoms in total. The number of hydrogen-bond donors (Lipinski definition) is 1. The molecule has 0 radical (unpaired) electrons. The van der Waals surface area contributed by atoms with Gasteiger partial charge in [-0.05, 0) is 33.3 Å². The van der Waals surface area contributed by atoms with E-state index in [0.29, 0.717) is 25.2 Å². The van der Waals surface area contributed by atoms with Crippen molar-refractivity contribution in [2.24, 2.45) is 0 Å². The highest BCUT2D eigenvalue weighted by Gasteiger charge is 2.39. The zero-order valence-electron chi connectivity index (χ0n) is 15.9. The minimum Gasteiger partial charge on any atom is -0.338 e. The minimum absolute atomic E-state index is 0.0130. The van der Waals surface area contributed by atoms with Gasteiger partial charge in [-0.15, -0.1) is 11.8 Å². The van der Waals surface area contributed by atoms with Crippen LogP contribution in [0.4, 0.5) is 9.18 Å². The molecule has 1 aromatic rings. The predicted octanol–water partition coefficient (Wildman–Crippen LogP) is 3.62. The van der Waals surface area contributed by atoms with Gasteiger partial charge in [0.15, 0.2) is 0 Å². The first-order chi connectivity index (χ1) is 12.4. The molecule has 2 atom stereocenters. The van der Waals surface area contributed by atoms with Crippen LogP contribution < -0.4 is 5.32 Å². The molecule has 1 heterocycles. The molecule has 1 N–H and O–H groups in total. The molecule has 2 rings (SSSR count). The first-order valence-corrected chi connectivity index (χ1v) is 10.1. The van der Waals surface area contributed by atoms with Crippen molar-refractivity contribution in [3.8, 4) is 0 Å². The van der Waals surface area contributed by atoms with Crippen LogP contribution in [0.25, 0.3) is 0 Å². The van der Waals surface area contributed by atoms with Crippen LogP contribution in [-0.4, -0.2) is 52.7 Å². The van der Waals surface area contributed by atoms with Crippen molar-refractivity contribution >= 4 is 23.7 Å². The first kappa shape index (κ1) is 20.6. The summed E-state index contributed by atoms with van der Waals surface area (Å²) in [5, 5.41) is 2.30. The van der Waals surface area contributed by atoms with Crippen LogP contribution in [0, 0.1) is 5.82 Å². The Morgan fingerprint density at radius 1 is 1.38 bits per heavy atom. The van der Waals surface area contributed by atoms with Crippen LogP contribution in [0.2, 0.25) is 0 Å². The Labute approximate surface area is 159 Å². The molecule has 144 valence electrons. The zero-order chi connectivity index (χ0) is 19.3. The van der Waals surface area contributed by atoms with Gasteiger partial charge in [-0.2, -0.15) is 0 Å². The number of benzene rings is 1. The maximum Gasteiger partial charge on any atom is 0.317 e. The van der Waals surface area contributed by atoms with E-state index in [4.69, 9.17) is 0 Å². The van der Waals surface area contributed by atoms with Gasteiger partial charge in [0.2, 0.25) is 5.91 Å². The Morgan fingerprint density at radius 2 is 2.08 bits per heavy atom. The summed E-state index contributed by atoms with van der Waals surface area (Å²) in [7, 11) is 0. The van der Waals surface area contributed by atoms with Gasteiger partial charge in [0.1, 0.15) is 11.2 Å². The quantitative estimate of drug-likeness (QED) is 0.785. The van der Waals surface area contributed by atoms with Crippen molar-refractivity contribution in [2.75, 3.05) is 19.6 Å². The Hall–Kier alpha value is -1.76. The lowest BCUT2D eigenvalue weighted by Gasteiger charge is -2.31. The average Bonchev–Trinajstić information content (AvgIpc) is 2.88. The van der Waals surface area contributed by atoms with E-state index in [-0.39, 0.29) is 34.4 Å². The van der Waals surface area contributed by atoms with Gasteiger partial charge < -0.3 is 15.1 Å². The Balaban J connectivity index is 2.12. The topological polar surface area (TPSA) is 52.7 Å². The van der Waals surface area contributed by atoms with Gasteiger partial charge in [0.25, 0.3) is 0 Å². The van der Waals surface area contributed by atoms with Gasteiger partial charge in [0, 0.05) is 31.2 Å². The Kier molecular flexibility index (Phi) is 7.32. The zero-order valence-corrected chi connectivity index (χ0v) is 16.7. The lowest BCUT2D eigenvalue weighted by atomic mass is 10.2. The van der Waals surface area contributed by atoms with Gasteiger partial charge in [0.05, 0.1) is 5.25 Å². The van der Waals surface area contributed by atoms with Crippen LogP contribution in [0.5, 0.6) is 0 Å². The number of thioether (sulfide) groups is 1. The lowest BCUT2D eigenvalue weighted by molar-refractivity contribution is -0.130. The average molecular weight is 382 g/mol. The number of carbonyl (C=O) groups is 2. The third-order valence-electron chi connectivity index (χ3n) is 4.41. The summed E-state index contributed by atoms with van der Waals surface area (Å²) in [6, 6.07) is 6.45. The lowest BCUT2D eigenvalue weighted by Crippen LogP contribution is -2.48. The summed E-state index contributed by atoms with van der Waals surface area (Å²) in [6.07, 6.45) is 0.867. The van der Waals surface area contributed by atoms with Crippen molar-refractivity contribution in [1.82, 2.24) is 15.1 Å². The second kappa shape index (κ2) is 9.26. The molecular formula is C19H28FN3O2S. The maximum atomic E-state index is 14.2. The van der Waals surface area contributed by atoms with E-state index in [9.17, 15) is 14.0 Å². The smallest absolute Gasteiger partial charge is 0.317 e. The summed E-state index contributed by atoms with van der Waals surface area (Å²) < 4.78 is 14.2. The van der Waals surface area contributed by atoms with E-state index >= 15 is 0 Å². The van der Waals surface area contributed by atoms with E-state index in [0.717, 1.165) is 6.42 Å². The summed E-state index contributed by atoms with van der Waals surface area (Å²) in [6.45, 7) is 9.15. The van der Waals surface area contributed by atoms with E-state index in [1.54, 1.807) is 28.0 Å². The van der Waals surface area contributed by atoms with Gasteiger partial charge in [-0.1, -0.05) is 25.1 Å². The van der Waals surface area contributed by atoms with Crippen LogP contribution in [0.3, 0.4) is 0 Å². The van der Waals surface area contributed by atoms with Crippen molar-refractivity contribution < 1.29 is 14.0 Å². The van der Waals surface area contributed by atoms with Crippen LogP contribution in [0.15, 0.2) is 24.3 Å². The second-order valence-corrected chi connectivity index (χ2v) is 8.13. The molecule has 0 saturated carbocycles. The normalized spacial score (nSPS) is 19.9. The second-order valence-electron chi connectivity index (χ2n) is 6.70. The summed E-state index contributed by atoms with van der Waals surface area (Å²) in [5.41, 5.74) is 0.515. The number of urea groups is 1. The Bertz CT molecular complexity index is 641. The molecule has 0 aliphatic carbocycles. The largest absolute Gasteiger partial charge is 0.338 e. The number of halogens is 1. The van der Waals surface area contributed by atoms with Crippen LogP contribution >= 0.6 is 11.8 Å². The molecule has 1 aliphatic heterocycles. The van der Waals surface area contributed by atoms with Crippen LogP contribution in [-0.2, 0) is 4.79 Å². The molecule has 7 heteroatoms. The minimum atomic E-state index is -0.355. The molecular weight excluding hydrogens is 353 g/mol. The molecule has 0 bridgehead atoms. The predicted molar refractivity (Wildman–Crippen MR) is 103 cm³/mol. The fraction of sp³-hybridized carbons (Fsp3) is 0.579. The molecule has 2 unspecified atom stereocenters. The highest BCUT2D eigenvalue weighted by molar-refractivity contribution is 8.01. The Morgan fingerprint density at radius 3 is 2.69 bits per heavy atom. The maximum absolute atomic E-state index is 14.2. The van der Waals surface area contributed by atoms with Crippen LogP contribution in [0.1, 0.15) is 45.1 Å². The number of rotatable bonds is 7. The van der Waals surface area contributed by atoms with E-state index < -0.39 is 0 Å². The highest BCUT2D eigenvalue weighted by atomic mass is 32.2. The molecule has 1 aliphatic rings. The molecule has 0 spiro atoms. The standard InChI is InChI=1S/C19H28FN3O2S/c1-5-10-21-19(25)22(13(2)3)11-12-23-17(24)14(4)26-18(23)15-8-6-7-9-16(15)20/h6-9,13-14,18H,5,10-12H2,1-4H3,(H,21,25). The highest BCUT2D eigenvalue weighted by Crippen LogP contribution is 2.43.